The molecule has 0 spiro atoms. The molecule has 2 fully saturated rings. The van der Waals surface area contributed by atoms with Crippen molar-refractivity contribution >= 4 is 23.2 Å². The molecule has 0 unspecified atom stereocenters. The van der Waals surface area contributed by atoms with E-state index < -0.39 is 5.60 Å². The van der Waals surface area contributed by atoms with E-state index in [4.69, 9.17) is 23.2 Å². The average molecular weight is 299 g/mol. The van der Waals surface area contributed by atoms with Crippen molar-refractivity contribution in [3.05, 3.63) is 33.8 Å². The van der Waals surface area contributed by atoms with E-state index >= 15 is 0 Å². The van der Waals surface area contributed by atoms with Gasteiger partial charge >= 0.3 is 0 Å². The molecule has 2 saturated carbocycles. The molecule has 0 atom stereocenters. The number of benzene rings is 1. The van der Waals surface area contributed by atoms with E-state index in [2.05, 4.69) is 6.07 Å². The lowest BCUT2D eigenvalue weighted by atomic mass is 9.65. The summed E-state index contributed by atoms with van der Waals surface area (Å²) in [7, 11) is 0. The molecule has 3 heteroatoms. The zero-order valence-corrected chi connectivity index (χ0v) is 12.6. The molecule has 0 bridgehead atoms. The first kappa shape index (κ1) is 13.7. The van der Waals surface area contributed by atoms with E-state index in [0.717, 1.165) is 38.5 Å². The van der Waals surface area contributed by atoms with Crippen LogP contribution in [0.1, 0.15) is 56.9 Å². The molecule has 104 valence electrons. The summed E-state index contributed by atoms with van der Waals surface area (Å²) in [6.45, 7) is 0. The maximum Gasteiger partial charge on any atom is 0.0743 e. The lowest BCUT2D eigenvalue weighted by molar-refractivity contribution is -0.0331. The van der Waals surface area contributed by atoms with Gasteiger partial charge in [0.25, 0.3) is 0 Å². The molecule has 1 aromatic carbocycles. The van der Waals surface area contributed by atoms with Crippen molar-refractivity contribution in [2.75, 3.05) is 0 Å². The Morgan fingerprint density at radius 3 is 2.00 bits per heavy atom. The van der Waals surface area contributed by atoms with Crippen molar-refractivity contribution in [1.29, 1.82) is 0 Å². The minimum Gasteiger partial charge on any atom is -0.389 e. The second kappa shape index (κ2) is 4.95. The van der Waals surface area contributed by atoms with Gasteiger partial charge in [0.1, 0.15) is 0 Å². The van der Waals surface area contributed by atoms with Crippen LogP contribution in [0, 0.1) is 0 Å². The van der Waals surface area contributed by atoms with Crippen molar-refractivity contribution < 1.29 is 5.11 Å². The van der Waals surface area contributed by atoms with Gasteiger partial charge in [0.2, 0.25) is 0 Å². The third-order valence-corrected chi connectivity index (χ3v) is 5.99. The normalized spacial score (nSPS) is 24.8. The molecule has 2 aliphatic rings. The first-order valence-electron chi connectivity index (χ1n) is 7.25. The van der Waals surface area contributed by atoms with Crippen molar-refractivity contribution in [1.82, 2.24) is 0 Å². The fraction of sp³-hybridized carbons (Fsp3) is 0.625. The summed E-state index contributed by atoms with van der Waals surface area (Å²) in [6.07, 6.45) is 8.66. The summed E-state index contributed by atoms with van der Waals surface area (Å²) in [5.74, 6) is 0. The quantitative estimate of drug-likeness (QED) is 0.804. The minimum atomic E-state index is -0.541. The van der Waals surface area contributed by atoms with Crippen LogP contribution < -0.4 is 0 Å². The summed E-state index contributed by atoms with van der Waals surface area (Å²) >= 11 is 12.2. The lowest BCUT2D eigenvalue weighted by Gasteiger charge is -2.44. The topological polar surface area (TPSA) is 20.2 Å². The number of hydrogen-bond acceptors (Lipinski definition) is 1. The molecule has 1 aromatic rings. The third-order valence-electron chi connectivity index (χ3n) is 5.25. The fourth-order valence-corrected chi connectivity index (χ4v) is 4.53. The predicted octanol–water partition coefficient (Wildman–Crippen LogP) is 5.11. The molecule has 3 rings (SSSR count). The van der Waals surface area contributed by atoms with Gasteiger partial charge in [-0.2, -0.15) is 0 Å². The smallest absolute Gasteiger partial charge is 0.0743 e. The predicted molar refractivity (Wildman–Crippen MR) is 80.0 cm³/mol. The van der Waals surface area contributed by atoms with Crippen molar-refractivity contribution in [2.24, 2.45) is 0 Å². The van der Waals surface area contributed by atoms with Crippen LogP contribution in [-0.2, 0) is 5.41 Å². The summed E-state index contributed by atoms with van der Waals surface area (Å²) in [6, 6.07) is 5.92. The van der Waals surface area contributed by atoms with E-state index in [-0.39, 0.29) is 5.41 Å². The maximum atomic E-state index is 11.2. The Morgan fingerprint density at radius 2 is 1.42 bits per heavy atom. The molecule has 0 saturated heterocycles. The van der Waals surface area contributed by atoms with Gasteiger partial charge in [-0.25, -0.2) is 0 Å². The third kappa shape index (κ3) is 2.11. The highest BCUT2D eigenvalue weighted by Crippen LogP contribution is 2.55. The van der Waals surface area contributed by atoms with E-state index in [1.807, 2.05) is 12.1 Å². The Hall–Kier alpha value is -0.240. The van der Waals surface area contributed by atoms with Crippen LogP contribution in [0.2, 0.25) is 10.0 Å². The van der Waals surface area contributed by atoms with Crippen molar-refractivity contribution in [3.8, 4) is 0 Å². The van der Waals surface area contributed by atoms with Crippen molar-refractivity contribution in [2.45, 2.75) is 62.4 Å². The standard InChI is InChI=1S/C16H20Cl2O/c17-13-6-5-12(11-14(13)18)15(7-1-2-8-15)16(19)9-3-4-10-16/h5-6,11,19H,1-4,7-10H2. The van der Waals surface area contributed by atoms with Crippen LogP contribution in [0.3, 0.4) is 0 Å². The highest BCUT2D eigenvalue weighted by Gasteiger charge is 2.53. The summed E-state index contributed by atoms with van der Waals surface area (Å²) in [5.41, 5.74) is 0.544. The van der Waals surface area contributed by atoms with Crippen LogP contribution in [0.25, 0.3) is 0 Å². The molecule has 0 aliphatic heterocycles. The van der Waals surface area contributed by atoms with Gasteiger partial charge in [-0.05, 0) is 43.4 Å². The fourth-order valence-electron chi connectivity index (χ4n) is 4.23. The van der Waals surface area contributed by atoms with Gasteiger partial charge in [0.05, 0.1) is 15.6 Å². The van der Waals surface area contributed by atoms with Crippen LogP contribution in [0.5, 0.6) is 0 Å². The van der Waals surface area contributed by atoms with E-state index in [1.165, 1.54) is 18.4 Å². The summed E-state index contributed by atoms with van der Waals surface area (Å²) in [4.78, 5) is 0. The van der Waals surface area contributed by atoms with Crippen LogP contribution in [0.15, 0.2) is 18.2 Å². The molecule has 2 aliphatic carbocycles. The lowest BCUT2D eigenvalue weighted by Crippen LogP contribution is -2.48. The van der Waals surface area contributed by atoms with Crippen LogP contribution in [0.4, 0.5) is 0 Å². The van der Waals surface area contributed by atoms with E-state index in [1.54, 1.807) is 0 Å². The molecule has 1 nitrogen and oxygen atoms in total. The molecule has 0 aromatic heterocycles. The Balaban J connectivity index is 2.07. The van der Waals surface area contributed by atoms with Gasteiger partial charge in [-0.15, -0.1) is 0 Å². The molecule has 19 heavy (non-hydrogen) atoms. The molecule has 0 amide bonds. The van der Waals surface area contributed by atoms with Crippen molar-refractivity contribution in [3.63, 3.8) is 0 Å². The van der Waals surface area contributed by atoms with Gasteiger partial charge in [0, 0.05) is 5.41 Å². The van der Waals surface area contributed by atoms with E-state index in [9.17, 15) is 5.11 Å². The molecule has 0 heterocycles. The Bertz CT molecular complexity index is 472. The zero-order valence-electron chi connectivity index (χ0n) is 11.1. The SMILES string of the molecule is OC1(C2(c3ccc(Cl)c(Cl)c3)CCCC2)CCCC1. The molecular formula is C16H20Cl2O. The largest absolute Gasteiger partial charge is 0.389 e. The number of hydrogen-bond donors (Lipinski definition) is 1. The highest BCUT2D eigenvalue weighted by molar-refractivity contribution is 6.42. The first-order valence-corrected chi connectivity index (χ1v) is 8.01. The molecule has 1 N–H and O–H groups in total. The van der Waals surface area contributed by atoms with Crippen LogP contribution in [-0.4, -0.2) is 10.7 Å². The number of rotatable bonds is 2. The van der Waals surface area contributed by atoms with Gasteiger partial charge in [-0.1, -0.05) is 55.0 Å². The summed E-state index contributed by atoms with van der Waals surface area (Å²) in [5, 5.41) is 12.4. The number of aliphatic hydroxyl groups is 1. The monoisotopic (exact) mass is 298 g/mol. The van der Waals surface area contributed by atoms with E-state index in [0.29, 0.717) is 10.0 Å². The Morgan fingerprint density at radius 1 is 0.842 bits per heavy atom. The first-order chi connectivity index (χ1) is 9.07. The van der Waals surface area contributed by atoms with Crippen LogP contribution >= 0.6 is 23.2 Å². The minimum absolute atomic E-state index is 0.0995. The number of halogens is 2. The Kier molecular flexibility index (Phi) is 3.57. The maximum absolute atomic E-state index is 11.2. The highest BCUT2D eigenvalue weighted by atomic mass is 35.5. The summed E-state index contributed by atoms with van der Waals surface area (Å²) < 4.78 is 0. The van der Waals surface area contributed by atoms with Gasteiger partial charge in [0.15, 0.2) is 0 Å². The van der Waals surface area contributed by atoms with Gasteiger partial charge in [-0.3, -0.25) is 0 Å². The average Bonchev–Trinajstić information content (AvgIpc) is 3.03. The van der Waals surface area contributed by atoms with Gasteiger partial charge < -0.3 is 5.11 Å². The second-order valence-corrected chi connectivity index (χ2v) is 6.97. The molecular weight excluding hydrogens is 279 g/mol. The molecule has 0 radical (unpaired) electrons. The zero-order chi connectivity index (χ0) is 13.5. The second-order valence-electron chi connectivity index (χ2n) is 6.16. The Labute approximate surface area is 124 Å².